The number of Topliss-reactive ketones (excluding diaryl/α,β-unsaturated/α-hetero) is 1. The van der Waals surface area contributed by atoms with Crippen LogP contribution in [0, 0.1) is 5.82 Å². The Morgan fingerprint density at radius 3 is 2.43 bits per heavy atom. The SMILES string of the molecule is CCCCCCCNC(=O)[C@@H](C(=O)c1ccc(F)cc1)n1cc(Cl)ccc1=O. The average molecular weight is 407 g/mol. The van der Waals surface area contributed by atoms with Crippen LogP contribution in [0.4, 0.5) is 4.39 Å². The zero-order valence-corrected chi connectivity index (χ0v) is 16.5. The van der Waals surface area contributed by atoms with Crippen LogP contribution in [0.15, 0.2) is 47.4 Å². The standard InChI is InChI=1S/C21H24ClFN2O3/c1-2-3-4-5-6-13-24-21(28)19(25-14-16(22)9-12-18(25)26)20(27)15-7-10-17(23)11-8-15/h7-12,14,19H,2-6,13H2,1H3,(H,24,28)/t19-/m1/s1. The summed E-state index contributed by atoms with van der Waals surface area (Å²) in [6.45, 7) is 2.53. The lowest BCUT2D eigenvalue weighted by Gasteiger charge is -2.19. The highest BCUT2D eigenvalue weighted by atomic mass is 35.5. The minimum Gasteiger partial charge on any atom is -0.354 e. The van der Waals surface area contributed by atoms with E-state index in [0.29, 0.717) is 6.54 Å². The van der Waals surface area contributed by atoms with Crippen molar-refractivity contribution in [3.63, 3.8) is 0 Å². The van der Waals surface area contributed by atoms with Crippen molar-refractivity contribution < 1.29 is 14.0 Å². The van der Waals surface area contributed by atoms with Crippen LogP contribution in [0.1, 0.15) is 55.4 Å². The van der Waals surface area contributed by atoms with E-state index >= 15 is 0 Å². The Hall–Kier alpha value is -2.47. The predicted octanol–water partition coefficient (Wildman–Crippen LogP) is 4.15. The van der Waals surface area contributed by atoms with Crippen molar-refractivity contribution in [1.82, 2.24) is 9.88 Å². The third-order valence-electron chi connectivity index (χ3n) is 4.39. The van der Waals surface area contributed by atoms with E-state index in [4.69, 9.17) is 11.6 Å². The lowest BCUT2D eigenvalue weighted by Crippen LogP contribution is -2.41. The Bertz CT molecular complexity index is 865. The highest BCUT2D eigenvalue weighted by Gasteiger charge is 2.30. The second-order valence-corrected chi connectivity index (χ2v) is 7.01. The summed E-state index contributed by atoms with van der Waals surface area (Å²) in [6.07, 6.45) is 6.36. The minimum absolute atomic E-state index is 0.136. The van der Waals surface area contributed by atoms with Gasteiger partial charge in [0.05, 0.1) is 5.02 Å². The molecule has 150 valence electrons. The van der Waals surface area contributed by atoms with Crippen LogP contribution in [-0.4, -0.2) is 22.8 Å². The summed E-state index contributed by atoms with van der Waals surface area (Å²) in [5, 5.41) is 2.96. The molecule has 1 amide bonds. The van der Waals surface area contributed by atoms with Gasteiger partial charge < -0.3 is 5.32 Å². The fraction of sp³-hybridized carbons (Fsp3) is 0.381. The van der Waals surface area contributed by atoms with E-state index in [2.05, 4.69) is 12.2 Å². The van der Waals surface area contributed by atoms with Gasteiger partial charge in [-0.15, -0.1) is 0 Å². The van der Waals surface area contributed by atoms with E-state index in [9.17, 15) is 18.8 Å². The van der Waals surface area contributed by atoms with Crippen LogP contribution in [-0.2, 0) is 4.79 Å². The average Bonchev–Trinajstić information content (AvgIpc) is 2.68. The number of carbonyl (C=O) groups excluding carboxylic acids is 2. The highest BCUT2D eigenvalue weighted by molar-refractivity contribution is 6.30. The third kappa shape index (κ3) is 6.02. The number of unbranched alkanes of at least 4 members (excludes halogenated alkanes) is 4. The number of carbonyl (C=O) groups is 2. The first-order chi connectivity index (χ1) is 13.4. The van der Waals surface area contributed by atoms with Crippen molar-refractivity contribution in [3.05, 3.63) is 69.4 Å². The first-order valence-corrected chi connectivity index (χ1v) is 9.77. The Morgan fingerprint density at radius 2 is 1.75 bits per heavy atom. The minimum atomic E-state index is -1.41. The zero-order valence-electron chi connectivity index (χ0n) is 15.8. The molecule has 1 aromatic heterocycles. The number of halogens is 2. The maximum Gasteiger partial charge on any atom is 0.251 e. The molecule has 0 saturated heterocycles. The molecule has 0 aliphatic heterocycles. The topological polar surface area (TPSA) is 68.2 Å². The fourth-order valence-corrected chi connectivity index (χ4v) is 3.03. The molecule has 1 heterocycles. The number of nitrogens with one attached hydrogen (secondary N) is 1. The second-order valence-electron chi connectivity index (χ2n) is 6.57. The van der Waals surface area contributed by atoms with E-state index < -0.39 is 29.1 Å². The summed E-state index contributed by atoms with van der Waals surface area (Å²) in [4.78, 5) is 38.0. The number of ketones is 1. The van der Waals surface area contributed by atoms with Crippen LogP contribution >= 0.6 is 11.6 Å². The molecule has 1 N–H and O–H groups in total. The molecule has 0 aliphatic carbocycles. The summed E-state index contributed by atoms with van der Waals surface area (Å²) in [6, 6.07) is 6.04. The predicted molar refractivity (Wildman–Crippen MR) is 107 cm³/mol. The lowest BCUT2D eigenvalue weighted by molar-refractivity contribution is -0.123. The quantitative estimate of drug-likeness (QED) is 0.366. The first-order valence-electron chi connectivity index (χ1n) is 9.39. The van der Waals surface area contributed by atoms with E-state index in [1.807, 2.05) is 0 Å². The van der Waals surface area contributed by atoms with E-state index in [1.165, 1.54) is 30.5 Å². The molecule has 0 aliphatic rings. The van der Waals surface area contributed by atoms with E-state index in [1.54, 1.807) is 0 Å². The van der Waals surface area contributed by atoms with Gasteiger partial charge in [-0.25, -0.2) is 4.39 Å². The normalized spacial score (nSPS) is 11.8. The van der Waals surface area contributed by atoms with Crippen LogP contribution in [0.3, 0.4) is 0 Å². The van der Waals surface area contributed by atoms with Crippen LogP contribution in [0.5, 0.6) is 0 Å². The van der Waals surface area contributed by atoms with Gasteiger partial charge in [0, 0.05) is 24.4 Å². The molecule has 0 radical (unpaired) electrons. The van der Waals surface area contributed by atoms with Crippen molar-refractivity contribution in [2.24, 2.45) is 0 Å². The molecule has 2 aromatic rings. The molecule has 28 heavy (non-hydrogen) atoms. The summed E-state index contributed by atoms with van der Waals surface area (Å²) >= 11 is 5.96. The van der Waals surface area contributed by atoms with Gasteiger partial charge in [0.1, 0.15) is 5.82 Å². The number of hydrogen-bond acceptors (Lipinski definition) is 3. The molecule has 0 bridgehead atoms. The molecule has 0 saturated carbocycles. The van der Waals surface area contributed by atoms with Gasteiger partial charge in [0.15, 0.2) is 11.8 Å². The number of aromatic nitrogens is 1. The Labute approximate surface area is 168 Å². The van der Waals surface area contributed by atoms with Gasteiger partial charge >= 0.3 is 0 Å². The first kappa shape index (κ1) is 21.8. The van der Waals surface area contributed by atoms with E-state index in [0.717, 1.165) is 48.8 Å². The van der Waals surface area contributed by atoms with E-state index in [-0.39, 0.29) is 10.6 Å². The maximum absolute atomic E-state index is 13.2. The van der Waals surface area contributed by atoms with Crippen molar-refractivity contribution in [1.29, 1.82) is 0 Å². The maximum atomic E-state index is 13.2. The lowest BCUT2D eigenvalue weighted by atomic mass is 10.0. The van der Waals surface area contributed by atoms with Crippen LogP contribution in [0.2, 0.25) is 5.02 Å². The summed E-state index contributed by atoms with van der Waals surface area (Å²) in [5.41, 5.74) is -0.390. The zero-order chi connectivity index (χ0) is 20.5. The molecular weight excluding hydrogens is 383 g/mol. The van der Waals surface area contributed by atoms with Gasteiger partial charge in [0.2, 0.25) is 0 Å². The number of rotatable bonds is 10. The van der Waals surface area contributed by atoms with Gasteiger partial charge in [-0.05, 0) is 36.8 Å². The number of amides is 1. The molecule has 0 unspecified atom stereocenters. The molecule has 5 nitrogen and oxygen atoms in total. The highest BCUT2D eigenvalue weighted by Crippen LogP contribution is 2.17. The number of nitrogens with zero attached hydrogens (tertiary/aromatic N) is 1. The molecule has 2 rings (SSSR count). The van der Waals surface area contributed by atoms with Crippen LogP contribution in [0.25, 0.3) is 0 Å². The van der Waals surface area contributed by atoms with Crippen LogP contribution < -0.4 is 10.9 Å². The van der Waals surface area contributed by atoms with Gasteiger partial charge in [-0.1, -0.05) is 44.2 Å². The second kappa shape index (κ2) is 10.8. The Balaban J connectivity index is 2.22. The molecule has 0 spiro atoms. The van der Waals surface area contributed by atoms with Crippen molar-refractivity contribution in [2.45, 2.75) is 45.1 Å². The van der Waals surface area contributed by atoms with Gasteiger partial charge in [-0.3, -0.25) is 19.0 Å². The summed E-state index contributed by atoms with van der Waals surface area (Å²) in [5.74, 6) is -1.69. The number of hydrogen-bond donors (Lipinski definition) is 1. The summed E-state index contributed by atoms with van der Waals surface area (Å²) < 4.78 is 14.2. The molecule has 1 atom stereocenters. The smallest absolute Gasteiger partial charge is 0.251 e. The van der Waals surface area contributed by atoms with Crippen molar-refractivity contribution in [3.8, 4) is 0 Å². The number of benzene rings is 1. The molecule has 1 aromatic carbocycles. The largest absolute Gasteiger partial charge is 0.354 e. The monoisotopic (exact) mass is 406 g/mol. The van der Waals surface area contributed by atoms with Gasteiger partial charge in [-0.2, -0.15) is 0 Å². The molecule has 7 heteroatoms. The Kier molecular flexibility index (Phi) is 8.39. The van der Waals surface area contributed by atoms with Gasteiger partial charge in [0.25, 0.3) is 11.5 Å². The summed E-state index contributed by atoms with van der Waals surface area (Å²) in [7, 11) is 0. The Morgan fingerprint density at radius 1 is 1.07 bits per heavy atom. The third-order valence-corrected chi connectivity index (χ3v) is 4.61. The number of pyridine rings is 1. The molecular formula is C21H24ClFN2O3. The molecule has 0 fully saturated rings. The fourth-order valence-electron chi connectivity index (χ4n) is 2.86. The van der Waals surface area contributed by atoms with Crippen molar-refractivity contribution in [2.75, 3.05) is 6.54 Å². The van der Waals surface area contributed by atoms with Crippen molar-refractivity contribution >= 4 is 23.3 Å².